The van der Waals surface area contributed by atoms with E-state index < -0.39 is 44.5 Å². The lowest BCUT2D eigenvalue weighted by molar-refractivity contribution is -0.280. The van der Waals surface area contributed by atoms with Crippen LogP contribution in [0.1, 0.15) is 176 Å². The van der Waals surface area contributed by atoms with Gasteiger partial charge in [0.1, 0.15) is 24.6 Å². The minimum Gasteiger partial charge on any atom is -0.450 e. The van der Waals surface area contributed by atoms with E-state index in [1.54, 1.807) is 19.1 Å². The molecule has 1 aliphatic heterocycles. The van der Waals surface area contributed by atoms with Gasteiger partial charge in [-0.2, -0.15) is 0 Å². The van der Waals surface area contributed by atoms with Gasteiger partial charge in [-0.25, -0.2) is 0 Å². The van der Waals surface area contributed by atoms with Crippen LogP contribution < -0.4 is 5.32 Å². The highest BCUT2D eigenvalue weighted by atomic mass is 31.1. The Hall–Kier alpha value is -1.81. The molecule has 11 heteroatoms. The van der Waals surface area contributed by atoms with Crippen molar-refractivity contribution in [2.75, 3.05) is 26.2 Å². The summed E-state index contributed by atoms with van der Waals surface area (Å²) in [6, 6.07) is -1.87. The van der Waals surface area contributed by atoms with Gasteiger partial charge in [0, 0.05) is 20.0 Å². The number of unbranched alkanes of at least 4 members (excludes halogenated alkanes) is 15. The average Bonchev–Trinajstić information content (AvgIpc) is 3.19. The van der Waals surface area contributed by atoms with Crippen molar-refractivity contribution < 1.29 is 37.8 Å². The van der Waals surface area contributed by atoms with Crippen LogP contribution in [0.2, 0.25) is 0 Å². The van der Waals surface area contributed by atoms with Crippen LogP contribution in [0.3, 0.4) is 0 Å². The Kier molecular flexibility index (Phi) is 33.7. The van der Waals surface area contributed by atoms with Gasteiger partial charge in [-0.1, -0.05) is 142 Å². The van der Waals surface area contributed by atoms with Crippen molar-refractivity contribution in [3.8, 4) is 0 Å². The molecular formula is C46H85N2O8P. The van der Waals surface area contributed by atoms with E-state index in [1.807, 2.05) is 6.92 Å². The van der Waals surface area contributed by atoms with E-state index in [2.05, 4.69) is 51.4 Å². The molecule has 1 fully saturated rings. The zero-order valence-corrected chi connectivity index (χ0v) is 37.9. The van der Waals surface area contributed by atoms with Crippen molar-refractivity contribution in [1.82, 2.24) is 5.32 Å². The summed E-state index contributed by atoms with van der Waals surface area (Å²) in [5.74, 6) is 0.301. The van der Waals surface area contributed by atoms with Gasteiger partial charge < -0.3 is 38.3 Å². The number of rotatable bonds is 38. The van der Waals surface area contributed by atoms with Gasteiger partial charge in [-0.05, 0) is 50.9 Å². The summed E-state index contributed by atoms with van der Waals surface area (Å²) in [7, 11) is -2.56. The van der Waals surface area contributed by atoms with Gasteiger partial charge in [0.2, 0.25) is 18.2 Å². The highest BCUT2D eigenvalue weighted by molar-refractivity contribution is 7.44. The molecule has 0 aromatic carbocycles. The van der Waals surface area contributed by atoms with Crippen molar-refractivity contribution >= 4 is 19.6 Å². The van der Waals surface area contributed by atoms with Crippen LogP contribution in [0, 0.1) is 11.3 Å². The van der Waals surface area contributed by atoms with Gasteiger partial charge >= 0.3 is 0 Å². The van der Waals surface area contributed by atoms with Gasteiger partial charge in [-0.15, -0.1) is 13.2 Å². The summed E-state index contributed by atoms with van der Waals surface area (Å²) in [4.78, 5) is 13.6. The number of nitrogens with one attached hydrogen (secondary N) is 2. The molecule has 0 spiro atoms. The predicted molar refractivity (Wildman–Crippen MR) is 237 cm³/mol. The fourth-order valence-electron chi connectivity index (χ4n) is 7.10. The second kappa shape index (κ2) is 36.1. The van der Waals surface area contributed by atoms with Crippen molar-refractivity contribution in [2.24, 2.45) is 5.92 Å². The first kappa shape index (κ1) is 53.2. The first-order valence-corrected chi connectivity index (χ1v) is 24.4. The van der Waals surface area contributed by atoms with Crippen LogP contribution >= 0.6 is 7.80 Å². The van der Waals surface area contributed by atoms with E-state index in [9.17, 15) is 9.36 Å². The van der Waals surface area contributed by atoms with Gasteiger partial charge in [0.05, 0.1) is 19.3 Å². The van der Waals surface area contributed by atoms with E-state index >= 15 is 0 Å². The summed E-state index contributed by atoms with van der Waals surface area (Å²) < 4.78 is 50.5. The molecule has 332 valence electrons. The quantitative estimate of drug-likeness (QED) is 0.0157. The number of carbonyl (C=O) groups excluding carboxylic acids is 1. The Morgan fingerprint density at radius 3 is 2.04 bits per heavy atom. The normalized spacial score (nSPS) is 21.2. The monoisotopic (exact) mass is 825 g/mol. The number of hydrogen-bond acceptors (Lipinski definition) is 9. The van der Waals surface area contributed by atoms with Gasteiger partial charge in [-0.3, -0.25) is 10.2 Å². The molecule has 57 heavy (non-hydrogen) atoms. The third kappa shape index (κ3) is 26.1. The molecule has 2 N–H and O–H groups in total. The summed E-state index contributed by atoms with van der Waals surface area (Å²) in [5, 5.41) is 11.3. The van der Waals surface area contributed by atoms with Crippen LogP contribution in [0.15, 0.2) is 37.5 Å². The first-order chi connectivity index (χ1) is 27.7. The number of ether oxygens (including phenoxy) is 6. The third-order valence-corrected chi connectivity index (χ3v) is 11.8. The summed E-state index contributed by atoms with van der Waals surface area (Å²) in [6.45, 7) is 18.5. The highest BCUT2D eigenvalue weighted by Crippen LogP contribution is 2.36. The fourth-order valence-corrected chi connectivity index (χ4v) is 8.15. The zero-order chi connectivity index (χ0) is 41.9. The maximum atomic E-state index is 13.6. The lowest BCUT2D eigenvalue weighted by Gasteiger charge is -2.46. The van der Waals surface area contributed by atoms with E-state index in [0.717, 1.165) is 32.1 Å². The molecule has 1 aliphatic rings. The van der Waals surface area contributed by atoms with Gasteiger partial charge in [0.15, 0.2) is 13.7 Å². The molecule has 0 bridgehead atoms. The fraction of sp³-hybridized carbons (Fsp3) is 0.826. The first-order valence-electron chi connectivity index (χ1n) is 22.7. The molecule has 0 aromatic heterocycles. The van der Waals surface area contributed by atoms with E-state index in [0.29, 0.717) is 25.4 Å². The van der Waals surface area contributed by atoms with Crippen LogP contribution in [-0.2, 0) is 37.8 Å². The summed E-state index contributed by atoms with van der Waals surface area (Å²) in [5.41, 5.74) is 0. The standard InChI is InChI=1S/C46H85N2O8P/c1-8-13-15-17-18-19-20-21-22-23-24-25-26-28-30-32-41(49)48-42-44(52-36-33-38(6)31-29-27-16-14-9-2)43(40(12-5)55-45(42)54-39(7)47)56-46(53-35-11-4)57(50)37-51-34-10-3/h10-11,19-20,38,40,42-47,57H,3-4,8-9,12-18,21-37H2,1-2,5-7H3,(H,48,49)/b20-19-,47-39?/t38-,40-,42-,43-,44-,45?,46?/m1/s1. The summed E-state index contributed by atoms with van der Waals surface area (Å²) >= 11 is 0. The molecule has 0 radical (unpaired) electrons. The average molecular weight is 825 g/mol. The lowest BCUT2D eigenvalue weighted by atomic mass is 9.94. The maximum absolute atomic E-state index is 13.6. The Bertz CT molecular complexity index is 1090. The van der Waals surface area contributed by atoms with Crippen LogP contribution in [0.25, 0.3) is 0 Å². The molecule has 1 heterocycles. The number of allylic oxidation sites excluding steroid dienone is 2. The molecule has 0 aliphatic carbocycles. The van der Waals surface area contributed by atoms with Crippen molar-refractivity contribution in [1.29, 1.82) is 5.41 Å². The van der Waals surface area contributed by atoms with Crippen LogP contribution in [-0.4, -0.2) is 74.6 Å². The lowest BCUT2D eigenvalue weighted by Crippen LogP contribution is -2.66. The SMILES string of the molecule is C=CCOC[PH](=O)C(OCC=C)O[C@H]1[C@H](OCC[C@H](C)CCCCCCC)[C@@H](NC(=O)CCCCCCCCC/C=C\CCCCCC)C(OC(C)=N)O[C@@H]1CC. The number of carbonyl (C=O) groups is 1. The Labute approximate surface area is 349 Å². The zero-order valence-electron chi connectivity index (χ0n) is 36.9. The molecule has 8 atom stereocenters. The van der Waals surface area contributed by atoms with E-state index in [-0.39, 0.29) is 31.4 Å². The number of hydrogen-bond donors (Lipinski definition) is 2. The van der Waals surface area contributed by atoms with Crippen LogP contribution in [0.5, 0.6) is 0 Å². The summed E-state index contributed by atoms with van der Waals surface area (Å²) in [6.07, 6.45) is 29.3. The van der Waals surface area contributed by atoms with Crippen molar-refractivity contribution in [3.63, 3.8) is 0 Å². The Morgan fingerprint density at radius 1 is 0.825 bits per heavy atom. The highest BCUT2D eigenvalue weighted by Gasteiger charge is 2.50. The minimum atomic E-state index is -2.56. The van der Waals surface area contributed by atoms with Crippen molar-refractivity contribution in [2.45, 2.75) is 213 Å². The largest absolute Gasteiger partial charge is 0.450 e. The molecule has 1 saturated heterocycles. The van der Waals surface area contributed by atoms with E-state index in [4.69, 9.17) is 33.8 Å². The smallest absolute Gasteiger partial charge is 0.224 e. The second-order valence-electron chi connectivity index (χ2n) is 15.8. The predicted octanol–water partition coefficient (Wildman–Crippen LogP) is 12.0. The second-order valence-corrected chi connectivity index (χ2v) is 17.5. The van der Waals surface area contributed by atoms with E-state index in [1.165, 1.54) is 96.3 Å². The molecule has 0 aromatic rings. The maximum Gasteiger partial charge on any atom is 0.224 e. The molecule has 10 nitrogen and oxygen atoms in total. The topological polar surface area (TPSA) is 125 Å². The molecule has 0 saturated carbocycles. The Balaban J connectivity index is 2.99. The molecule has 3 unspecified atom stereocenters. The van der Waals surface area contributed by atoms with Gasteiger partial charge in [0.25, 0.3) is 0 Å². The van der Waals surface area contributed by atoms with Crippen LogP contribution in [0.4, 0.5) is 0 Å². The third-order valence-electron chi connectivity index (χ3n) is 10.4. The van der Waals surface area contributed by atoms with Crippen molar-refractivity contribution in [3.05, 3.63) is 37.5 Å². The molecule has 1 rings (SSSR count). The molecular weight excluding hydrogens is 739 g/mol. The Morgan fingerprint density at radius 2 is 1.42 bits per heavy atom. The number of amides is 1. The minimum absolute atomic E-state index is 0.0287. The molecule has 1 amide bonds.